The van der Waals surface area contributed by atoms with Crippen molar-refractivity contribution < 1.29 is 9.53 Å². The molecule has 8 heteroatoms. The SMILES string of the molecule is CNCc1ccc(OC)cc1CCC(=O)Nc1ccc(-c2cn[nH]c2C)cc1SCCN(C)C. The van der Waals surface area contributed by atoms with E-state index < -0.39 is 0 Å². The number of hydrogen-bond acceptors (Lipinski definition) is 6. The molecule has 0 bridgehead atoms. The molecule has 3 N–H and O–H groups in total. The lowest BCUT2D eigenvalue weighted by Gasteiger charge is -2.15. The van der Waals surface area contributed by atoms with E-state index in [-0.39, 0.29) is 5.91 Å². The zero-order valence-corrected chi connectivity index (χ0v) is 21.5. The van der Waals surface area contributed by atoms with Gasteiger partial charge in [0.1, 0.15) is 5.75 Å². The first-order valence-electron chi connectivity index (χ1n) is 11.4. The lowest BCUT2D eigenvalue weighted by atomic mass is 10.0. The second kappa shape index (κ2) is 12.6. The fourth-order valence-electron chi connectivity index (χ4n) is 3.68. The first-order chi connectivity index (χ1) is 16.4. The molecular weight excluding hydrogens is 446 g/mol. The highest BCUT2D eigenvalue weighted by Crippen LogP contribution is 2.33. The minimum atomic E-state index is -0.0000659. The minimum Gasteiger partial charge on any atom is -0.497 e. The maximum Gasteiger partial charge on any atom is 0.224 e. The number of carbonyl (C=O) groups is 1. The summed E-state index contributed by atoms with van der Waals surface area (Å²) in [4.78, 5) is 16.1. The van der Waals surface area contributed by atoms with E-state index in [1.807, 2.05) is 44.4 Å². The van der Waals surface area contributed by atoms with Crippen molar-refractivity contribution in [3.63, 3.8) is 0 Å². The van der Waals surface area contributed by atoms with Gasteiger partial charge in [-0.25, -0.2) is 0 Å². The van der Waals surface area contributed by atoms with Crippen molar-refractivity contribution in [2.75, 3.05) is 45.9 Å². The predicted molar refractivity (Wildman–Crippen MR) is 141 cm³/mol. The number of amides is 1. The van der Waals surface area contributed by atoms with E-state index >= 15 is 0 Å². The van der Waals surface area contributed by atoms with Crippen LogP contribution in [0.4, 0.5) is 5.69 Å². The Bertz CT molecular complexity index is 1100. The summed E-state index contributed by atoms with van der Waals surface area (Å²) in [6, 6.07) is 12.2. The molecule has 0 atom stereocenters. The minimum absolute atomic E-state index is 0.0000659. The van der Waals surface area contributed by atoms with Gasteiger partial charge < -0.3 is 20.3 Å². The molecule has 1 aromatic heterocycles. The average Bonchev–Trinajstić information content (AvgIpc) is 3.25. The van der Waals surface area contributed by atoms with Crippen molar-refractivity contribution in [1.29, 1.82) is 0 Å². The summed E-state index contributed by atoms with van der Waals surface area (Å²) in [5.74, 6) is 1.74. The van der Waals surface area contributed by atoms with Crippen molar-refractivity contribution in [3.05, 3.63) is 59.4 Å². The van der Waals surface area contributed by atoms with Crippen molar-refractivity contribution in [1.82, 2.24) is 20.4 Å². The number of thioether (sulfide) groups is 1. The molecule has 182 valence electrons. The van der Waals surface area contributed by atoms with Gasteiger partial charge in [-0.3, -0.25) is 9.89 Å². The van der Waals surface area contributed by atoms with Crippen LogP contribution < -0.4 is 15.4 Å². The van der Waals surface area contributed by atoms with Crippen LogP contribution in [0.3, 0.4) is 0 Å². The summed E-state index contributed by atoms with van der Waals surface area (Å²) in [6.45, 7) is 3.72. The number of anilines is 1. The number of methoxy groups -OCH3 is 1. The van der Waals surface area contributed by atoms with Crippen LogP contribution in [0.5, 0.6) is 5.75 Å². The molecule has 0 aliphatic carbocycles. The standard InChI is InChI=1S/C26H35N5O2S/c1-18-23(17-28-30-18)20-7-10-24(25(15-20)34-13-12-31(3)4)29-26(32)11-8-19-14-22(33-5)9-6-21(19)16-27-2/h6-7,9-10,14-15,17,27H,8,11-13,16H2,1-5H3,(H,28,30)(H,29,32). The topological polar surface area (TPSA) is 82.3 Å². The number of rotatable bonds is 12. The van der Waals surface area contributed by atoms with E-state index in [4.69, 9.17) is 4.74 Å². The van der Waals surface area contributed by atoms with Gasteiger partial charge in [-0.2, -0.15) is 5.10 Å². The average molecular weight is 482 g/mol. The molecule has 0 spiro atoms. The molecule has 3 rings (SSSR count). The molecule has 1 amide bonds. The smallest absolute Gasteiger partial charge is 0.224 e. The largest absolute Gasteiger partial charge is 0.497 e. The fraction of sp³-hybridized carbons (Fsp3) is 0.385. The number of nitrogens with one attached hydrogen (secondary N) is 3. The zero-order chi connectivity index (χ0) is 24.5. The van der Waals surface area contributed by atoms with Gasteiger partial charge in [0.2, 0.25) is 5.91 Å². The molecule has 0 fully saturated rings. The Hall–Kier alpha value is -2.81. The third kappa shape index (κ3) is 7.09. The van der Waals surface area contributed by atoms with Crippen LogP contribution in [0.1, 0.15) is 23.2 Å². The molecule has 0 saturated heterocycles. The van der Waals surface area contributed by atoms with Crippen LogP contribution in [-0.4, -0.2) is 61.6 Å². The van der Waals surface area contributed by atoms with Gasteiger partial charge in [0.25, 0.3) is 0 Å². The molecule has 2 aromatic carbocycles. The van der Waals surface area contributed by atoms with Crippen molar-refractivity contribution in [3.8, 4) is 16.9 Å². The van der Waals surface area contributed by atoms with E-state index in [1.165, 1.54) is 5.56 Å². The highest BCUT2D eigenvalue weighted by atomic mass is 32.2. The van der Waals surface area contributed by atoms with E-state index in [2.05, 4.69) is 52.0 Å². The Morgan fingerprint density at radius 3 is 2.68 bits per heavy atom. The van der Waals surface area contributed by atoms with Gasteiger partial charge in [0.15, 0.2) is 0 Å². The lowest BCUT2D eigenvalue weighted by molar-refractivity contribution is -0.116. The molecule has 0 aliphatic heterocycles. The summed E-state index contributed by atoms with van der Waals surface area (Å²) in [5, 5.41) is 13.5. The molecule has 0 aliphatic rings. The number of carbonyl (C=O) groups excluding carboxylic acids is 1. The number of H-pyrrole nitrogens is 1. The quantitative estimate of drug-likeness (QED) is 0.334. The number of hydrogen-bond donors (Lipinski definition) is 3. The summed E-state index contributed by atoms with van der Waals surface area (Å²) in [6.07, 6.45) is 2.89. The van der Waals surface area contributed by atoms with E-state index in [9.17, 15) is 4.79 Å². The molecule has 0 saturated carbocycles. The van der Waals surface area contributed by atoms with Crippen LogP contribution in [0, 0.1) is 6.92 Å². The van der Waals surface area contributed by atoms with Crippen molar-refractivity contribution in [2.24, 2.45) is 0 Å². The fourth-order valence-corrected chi connectivity index (χ4v) is 4.84. The second-order valence-electron chi connectivity index (χ2n) is 8.48. The first-order valence-corrected chi connectivity index (χ1v) is 12.4. The van der Waals surface area contributed by atoms with Crippen molar-refractivity contribution in [2.45, 2.75) is 31.2 Å². The van der Waals surface area contributed by atoms with Crippen LogP contribution in [0.25, 0.3) is 11.1 Å². The van der Waals surface area contributed by atoms with E-state index in [1.54, 1.807) is 18.9 Å². The van der Waals surface area contributed by atoms with Gasteiger partial charge in [-0.05, 0) is 75.4 Å². The number of aromatic amines is 1. The number of ether oxygens (including phenoxy) is 1. The molecule has 7 nitrogen and oxygen atoms in total. The summed E-state index contributed by atoms with van der Waals surface area (Å²) >= 11 is 1.75. The number of aromatic nitrogens is 2. The Morgan fingerprint density at radius 1 is 1.18 bits per heavy atom. The van der Waals surface area contributed by atoms with Gasteiger partial charge in [0.05, 0.1) is 19.0 Å². The third-order valence-electron chi connectivity index (χ3n) is 5.59. The number of aryl methyl sites for hydroxylation is 2. The summed E-state index contributed by atoms with van der Waals surface area (Å²) in [5.41, 5.74) is 6.33. The number of nitrogens with zero attached hydrogens (tertiary/aromatic N) is 2. The Balaban J connectivity index is 1.74. The molecular formula is C26H35N5O2S. The second-order valence-corrected chi connectivity index (χ2v) is 9.62. The molecule has 0 radical (unpaired) electrons. The molecule has 3 aromatic rings. The van der Waals surface area contributed by atoms with Crippen LogP contribution in [0.2, 0.25) is 0 Å². The van der Waals surface area contributed by atoms with Crippen molar-refractivity contribution >= 4 is 23.4 Å². The maximum absolute atomic E-state index is 12.9. The normalized spacial score (nSPS) is 11.1. The predicted octanol–water partition coefficient (Wildman–Crippen LogP) is 4.34. The molecule has 0 unspecified atom stereocenters. The van der Waals surface area contributed by atoms with E-state index in [0.717, 1.165) is 57.6 Å². The van der Waals surface area contributed by atoms with Crippen LogP contribution in [0.15, 0.2) is 47.5 Å². The third-order valence-corrected chi connectivity index (χ3v) is 6.63. The van der Waals surface area contributed by atoms with Gasteiger partial charge in [-0.15, -0.1) is 11.8 Å². The Morgan fingerprint density at radius 2 is 2.00 bits per heavy atom. The Kier molecular flexibility index (Phi) is 9.56. The van der Waals surface area contributed by atoms with E-state index in [0.29, 0.717) is 12.8 Å². The number of benzene rings is 2. The zero-order valence-electron chi connectivity index (χ0n) is 20.7. The highest BCUT2D eigenvalue weighted by molar-refractivity contribution is 7.99. The van der Waals surface area contributed by atoms with Gasteiger partial charge in [-0.1, -0.05) is 12.1 Å². The lowest BCUT2D eigenvalue weighted by Crippen LogP contribution is -2.16. The van der Waals surface area contributed by atoms with Gasteiger partial charge in [0, 0.05) is 41.4 Å². The highest BCUT2D eigenvalue weighted by Gasteiger charge is 2.13. The molecule has 34 heavy (non-hydrogen) atoms. The van der Waals surface area contributed by atoms with Gasteiger partial charge >= 0.3 is 0 Å². The summed E-state index contributed by atoms with van der Waals surface area (Å²) < 4.78 is 5.38. The first kappa shape index (κ1) is 25.8. The van der Waals surface area contributed by atoms with Crippen LogP contribution in [-0.2, 0) is 17.8 Å². The monoisotopic (exact) mass is 481 g/mol. The summed E-state index contributed by atoms with van der Waals surface area (Å²) in [7, 11) is 7.71. The Labute approximate surface area is 206 Å². The maximum atomic E-state index is 12.9. The van der Waals surface area contributed by atoms with Crippen LogP contribution >= 0.6 is 11.8 Å². The molecule has 1 heterocycles.